The number of alkyl halides is 3. The molecule has 0 N–H and O–H groups in total. The Morgan fingerprint density at radius 2 is 1.94 bits per heavy atom. The van der Waals surface area contributed by atoms with Gasteiger partial charge < -0.3 is 4.90 Å². The van der Waals surface area contributed by atoms with E-state index >= 15 is 0 Å². The minimum absolute atomic E-state index is 0.156. The van der Waals surface area contributed by atoms with E-state index in [2.05, 4.69) is 0 Å². The van der Waals surface area contributed by atoms with Gasteiger partial charge in [-0.15, -0.1) is 0 Å². The van der Waals surface area contributed by atoms with E-state index in [0.717, 1.165) is 12.0 Å². The number of nitrogens with zero attached hydrogens (tertiary/aromatic N) is 1. The molecule has 1 fully saturated rings. The van der Waals surface area contributed by atoms with Crippen LogP contribution < -0.4 is 0 Å². The number of carbonyl (C=O) groups excluding carboxylic acids is 1. The second-order valence-corrected chi connectivity index (χ2v) is 4.53. The lowest BCUT2D eigenvalue weighted by Crippen LogP contribution is -2.32. The Balaban J connectivity index is 1.95. The molecule has 0 bridgehead atoms. The number of rotatable bonds is 2. The summed E-state index contributed by atoms with van der Waals surface area (Å²) in [5.74, 6) is -0.663. The third-order valence-corrected chi connectivity index (χ3v) is 3.16. The summed E-state index contributed by atoms with van der Waals surface area (Å²) in [4.78, 5) is 12.8. The number of hydrogen-bond acceptors (Lipinski definition) is 1. The molecule has 0 aliphatic carbocycles. The Kier molecular flexibility index (Phi) is 3.59. The summed E-state index contributed by atoms with van der Waals surface area (Å²) in [6.07, 6.45) is -5.04. The lowest BCUT2D eigenvalue weighted by Gasteiger charge is -2.17. The predicted molar refractivity (Wildman–Crippen MR) is 61.1 cm³/mol. The first-order chi connectivity index (χ1) is 8.46. The van der Waals surface area contributed by atoms with Gasteiger partial charge in [0.1, 0.15) is 6.42 Å². The molecule has 2 rings (SSSR count). The van der Waals surface area contributed by atoms with Gasteiger partial charge in [-0.2, -0.15) is 13.2 Å². The monoisotopic (exact) mass is 257 g/mol. The molecule has 18 heavy (non-hydrogen) atoms. The lowest BCUT2D eigenvalue weighted by molar-refractivity contribution is -0.160. The van der Waals surface area contributed by atoms with E-state index in [1.54, 1.807) is 0 Å². The summed E-state index contributed by atoms with van der Waals surface area (Å²) in [6, 6.07) is 9.58. The zero-order valence-electron chi connectivity index (χ0n) is 9.78. The normalized spacial score (nSPS) is 20.2. The van der Waals surface area contributed by atoms with Crippen molar-refractivity contribution in [2.24, 2.45) is 0 Å². The predicted octanol–water partition coefficient (Wildman–Crippen LogP) is 2.95. The minimum Gasteiger partial charge on any atom is -0.342 e. The molecule has 1 saturated heterocycles. The van der Waals surface area contributed by atoms with Gasteiger partial charge in [-0.25, -0.2) is 0 Å². The second-order valence-electron chi connectivity index (χ2n) is 4.53. The molecule has 1 amide bonds. The van der Waals surface area contributed by atoms with Crippen molar-refractivity contribution in [3.05, 3.63) is 35.9 Å². The molecule has 5 heteroatoms. The molecule has 1 atom stereocenters. The van der Waals surface area contributed by atoms with Crippen molar-refractivity contribution in [3.63, 3.8) is 0 Å². The molecule has 1 aliphatic rings. The fraction of sp³-hybridized carbons (Fsp3) is 0.462. The third-order valence-electron chi connectivity index (χ3n) is 3.16. The molecule has 1 aliphatic heterocycles. The Morgan fingerprint density at radius 1 is 1.28 bits per heavy atom. The van der Waals surface area contributed by atoms with Crippen LogP contribution in [0.15, 0.2) is 30.3 Å². The molecule has 0 unspecified atom stereocenters. The van der Waals surface area contributed by atoms with Crippen molar-refractivity contribution < 1.29 is 18.0 Å². The summed E-state index contributed by atoms with van der Waals surface area (Å²) in [5.41, 5.74) is 1.08. The quantitative estimate of drug-likeness (QED) is 0.797. The van der Waals surface area contributed by atoms with Crippen molar-refractivity contribution in [3.8, 4) is 0 Å². The van der Waals surface area contributed by atoms with Gasteiger partial charge in [-0.3, -0.25) is 4.79 Å². The number of hydrogen-bond donors (Lipinski definition) is 0. The lowest BCUT2D eigenvalue weighted by atomic mass is 9.99. The molecular weight excluding hydrogens is 243 g/mol. The van der Waals surface area contributed by atoms with Gasteiger partial charge in [0.25, 0.3) is 0 Å². The maximum Gasteiger partial charge on any atom is 0.397 e. The van der Waals surface area contributed by atoms with E-state index in [9.17, 15) is 18.0 Å². The van der Waals surface area contributed by atoms with Gasteiger partial charge in [-0.1, -0.05) is 30.3 Å². The molecule has 0 radical (unpaired) electrons. The summed E-state index contributed by atoms with van der Waals surface area (Å²) in [5, 5.41) is 0. The van der Waals surface area contributed by atoms with Crippen LogP contribution in [0.2, 0.25) is 0 Å². The van der Waals surface area contributed by atoms with Crippen LogP contribution in [0.5, 0.6) is 0 Å². The minimum atomic E-state index is -4.41. The van der Waals surface area contributed by atoms with Crippen molar-refractivity contribution in [2.45, 2.75) is 24.9 Å². The number of benzene rings is 1. The second kappa shape index (κ2) is 5.00. The van der Waals surface area contributed by atoms with Crippen LogP contribution in [0, 0.1) is 0 Å². The maximum atomic E-state index is 12.1. The van der Waals surface area contributed by atoms with E-state index in [0.29, 0.717) is 13.1 Å². The number of likely N-dealkylation sites (tertiary alicyclic amines) is 1. The summed E-state index contributed by atoms with van der Waals surface area (Å²) < 4.78 is 36.4. The Hall–Kier alpha value is -1.52. The molecule has 0 saturated carbocycles. The molecular formula is C13H14F3NO. The maximum absolute atomic E-state index is 12.1. The van der Waals surface area contributed by atoms with E-state index in [-0.39, 0.29) is 5.92 Å². The number of carbonyl (C=O) groups is 1. The van der Waals surface area contributed by atoms with Crippen molar-refractivity contribution in [1.29, 1.82) is 0 Å². The Labute approximate surface area is 103 Å². The summed E-state index contributed by atoms with van der Waals surface area (Å²) in [7, 11) is 0. The zero-order valence-corrected chi connectivity index (χ0v) is 9.78. The van der Waals surface area contributed by atoms with Crippen molar-refractivity contribution >= 4 is 5.91 Å². The van der Waals surface area contributed by atoms with Crippen molar-refractivity contribution in [1.82, 2.24) is 4.90 Å². The van der Waals surface area contributed by atoms with Crippen LogP contribution in [0.1, 0.15) is 24.3 Å². The fourth-order valence-electron chi connectivity index (χ4n) is 2.27. The standard InChI is InChI=1S/C13H14F3NO/c14-13(15,16)8-12(18)17-7-6-11(9-17)10-4-2-1-3-5-10/h1-5,11H,6-9H2/t11-/m0/s1. The SMILES string of the molecule is O=C(CC(F)(F)F)N1CC[C@H](c2ccccc2)C1. The van der Waals surface area contributed by atoms with Crippen molar-refractivity contribution in [2.75, 3.05) is 13.1 Å². The van der Waals surface area contributed by atoms with E-state index in [4.69, 9.17) is 0 Å². The molecule has 1 heterocycles. The highest BCUT2D eigenvalue weighted by Crippen LogP contribution is 2.29. The van der Waals surface area contributed by atoms with Gasteiger partial charge in [0.05, 0.1) is 0 Å². The number of amides is 1. The van der Waals surface area contributed by atoms with Crippen LogP contribution in [-0.2, 0) is 4.79 Å². The number of halogens is 3. The Bertz CT molecular complexity index is 416. The van der Waals surface area contributed by atoms with Gasteiger partial charge >= 0.3 is 6.18 Å². The average Bonchev–Trinajstić information content (AvgIpc) is 2.77. The average molecular weight is 257 g/mol. The Morgan fingerprint density at radius 3 is 2.56 bits per heavy atom. The fourth-order valence-corrected chi connectivity index (χ4v) is 2.27. The van der Waals surface area contributed by atoms with Gasteiger partial charge in [0, 0.05) is 19.0 Å². The van der Waals surface area contributed by atoms with Crippen LogP contribution in [0.4, 0.5) is 13.2 Å². The van der Waals surface area contributed by atoms with Gasteiger partial charge in [0.15, 0.2) is 0 Å². The molecule has 0 aromatic heterocycles. The highest BCUT2D eigenvalue weighted by molar-refractivity contribution is 5.77. The highest BCUT2D eigenvalue weighted by atomic mass is 19.4. The largest absolute Gasteiger partial charge is 0.397 e. The zero-order chi connectivity index (χ0) is 13.2. The topological polar surface area (TPSA) is 20.3 Å². The molecule has 0 spiro atoms. The smallest absolute Gasteiger partial charge is 0.342 e. The molecule has 1 aromatic carbocycles. The first-order valence-corrected chi connectivity index (χ1v) is 5.85. The third kappa shape index (κ3) is 3.24. The molecule has 1 aromatic rings. The highest BCUT2D eigenvalue weighted by Gasteiger charge is 2.36. The van der Waals surface area contributed by atoms with E-state index in [1.165, 1.54) is 4.90 Å². The van der Waals surface area contributed by atoms with Crippen LogP contribution >= 0.6 is 0 Å². The van der Waals surface area contributed by atoms with Gasteiger partial charge in [-0.05, 0) is 12.0 Å². The van der Waals surface area contributed by atoms with E-state index in [1.807, 2.05) is 30.3 Å². The molecule has 98 valence electrons. The summed E-state index contributed by atoms with van der Waals surface area (Å²) >= 11 is 0. The van der Waals surface area contributed by atoms with Crippen LogP contribution in [0.25, 0.3) is 0 Å². The first-order valence-electron chi connectivity index (χ1n) is 5.85. The van der Waals surface area contributed by atoms with E-state index < -0.39 is 18.5 Å². The summed E-state index contributed by atoms with van der Waals surface area (Å²) in [6.45, 7) is 0.799. The van der Waals surface area contributed by atoms with Crippen LogP contribution in [-0.4, -0.2) is 30.1 Å². The van der Waals surface area contributed by atoms with Crippen LogP contribution in [0.3, 0.4) is 0 Å². The van der Waals surface area contributed by atoms with Gasteiger partial charge in [0.2, 0.25) is 5.91 Å². The molecule has 2 nitrogen and oxygen atoms in total. The first kappa shape index (κ1) is 12.9.